The first-order valence-electron chi connectivity index (χ1n) is 8.39. The van der Waals surface area contributed by atoms with Crippen LogP contribution in [0.4, 0.5) is 0 Å². The van der Waals surface area contributed by atoms with E-state index in [1.165, 1.54) is 4.68 Å². The molecule has 0 aliphatic rings. The average Bonchev–Trinajstić information content (AvgIpc) is 3.07. The van der Waals surface area contributed by atoms with Crippen LogP contribution in [-0.4, -0.2) is 37.9 Å². The first-order valence-corrected chi connectivity index (χ1v) is 8.39. The van der Waals surface area contributed by atoms with Crippen LogP contribution >= 0.6 is 0 Å². The van der Waals surface area contributed by atoms with Crippen molar-refractivity contribution in [2.45, 2.75) is 39.5 Å². The molecule has 1 aromatic carbocycles. The molecular formula is C18H21N3O5. The van der Waals surface area contributed by atoms with Crippen LogP contribution in [0, 0.1) is 6.92 Å². The third-order valence-electron chi connectivity index (χ3n) is 4.20. The Labute approximate surface area is 149 Å². The Kier molecular flexibility index (Phi) is 5.34. The first-order chi connectivity index (χ1) is 12.5. The molecule has 1 unspecified atom stereocenters. The summed E-state index contributed by atoms with van der Waals surface area (Å²) in [6.45, 7) is 3.85. The van der Waals surface area contributed by atoms with Crippen molar-refractivity contribution in [3.63, 3.8) is 0 Å². The number of aryl methyl sites for hydroxylation is 1. The average molecular weight is 359 g/mol. The van der Waals surface area contributed by atoms with Gasteiger partial charge in [-0.1, -0.05) is 12.1 Å². The van der Waals surface area contributed by atoms with E-state index in [-0.39, 0.29) is 25.4 Å². The lowest BCUT2D eigenvalue weighted by atomic mass is 10.0. The van der Waals surface area contributed by atoms with Crippen LogP contribution in [-0.2, 0) is 19.6 Å². The maximum absolute atomic E-state index is 12.0. The molecule has 0 spiro atoms. The molecule has 2 aromatic heterocycles. The topological polar surface area (TPSA) is 111 Å². The Morgan fingerprint density at radius 2 is 2.19 bits per heavy atom. The zero-order valence-corrected chi connectivity index (χ0v) is 14.7. The van der Waals surface area contributed by atoms with Gasteiger partial charge in [0, 0.05) is 17.0 Å². The van der Waals surface area contributed by atoms with E-state index in [9.17, 15) is 9.90 Å². The maximum Gasteiger partial charge on any atom is 0.339 e. The van der Waals surface area contributed by atoms with Gasteiger partial charge in [-0.25, -0.2) is 9.48 Å². The summed E-state index contributed by atoms with van der Waals surface area (Å²) in [5.74, 6) is 0.498. The number of hydrogen-bond acceptors (Lipinski definition) is 7. The highest BCUT2D eigenvalue weighted by Gasteiger charge is 2.12. The monoisotopic (exact) mass is 359 g/mol. The molecule has 8 heteroatoms. The predicted octanol–water partition coefficient (Wildman–Crippen LogP) is 1.19. The predicted molar refractivity (Wildman–Crippen MR) is 94.0 cm³/mol. The molecule has 8 nitrogen and oxygen atoms in total. The highest BCUT2D eigenvalue weighted by molar-refractivity contribution is 5.82. The van der Waals surface area contributed by atoms with Gasteiger partial charge in [0.15, 0.2) is 0 Å². The van der Waals surface area contributed by atoms with Gasteiger partial charge in [0.25, 0.3) is 0 Å². The fourth-order valence-corrected chi connectivity index (χ4v) is 2.83. The largest absolute Gasteiger partial charge is 0.491 e. The number of rotatable bonds is 7. The van der Waals surface area contributed by atoms with Crippen LogP contribution in [0.5, 0.6) is 5.75 Å². The Morgan fingerprint density at radius 1 is 1.38 bits per heavy atom. The molecule has 26 heavy (non-hydrogen) atoms. The molecule has 0 aliphatic carbocycles. The van der Waals surface area contributed by atoms with E-state index in [4.69, 9.17) is 14.3 Å². The second kappa shape index (κ2) is 7.67. The quantitative estimate of drug-likeness (QED) is 0.610. The number of ether oxygens (including phenoxy) is 1. The number of hydrogen-bond donors (Lipinski definition) is 2. The molecule has 1 atom stereocenters. The van der Waals surface area contributed by atoms with Crippen LogP contribution in [0.2, 0.25) is 0 Å². The molecule has 0 saturated carbocycles. The van der Waals surface area contributed by atoms with Gasteiger partial charge in [-0.15, -0.1) is 5.10 Å². The number of nitrogens with zero attached hydrogens (tertiary/aromatic N) is 3. The summed E-state index contributed by atoms with van der Waals surface area (Å²) in [6.07, 6.45) is 1.37. The fraction of sp³-hybridized carbons (Fsp3) is 0.389. The number of fused-ring (bicyclic) bond motifs is 1. The molecule has 0 amide bonds. The maximum atomic E-state index is 12.0. The van der Waals surface area contributed by atoms with Crippen molar-refractivity contribution in [2.75, 3.05) is 6.61 Å². The summed E-state index contributed by atoms with van der Waals surface area (Å²) in [7, 11) is 0. The molecule has 2 N–H and O–H groups in total. The van der Waals surface area contributed by atoms with E-state index in [1.54, 1.807) is 18.3 Å². The lowest BCUT2D eigenvalue weighted by molar-refractivity contribution is 0.0888. The van der Waals surface area contributed by atoms with Crippen molar-refractivity contribution < 1.29 is 19.4 Å². The lowest BCUT2D eigenvalue weighted by Crippen LogP contribution is -2.24. The van der Waals surface area contributed by atoms with Gasteiger partial charge in [-0.3, -0.25) is 0 Å². The van der Waals surface area contributed by atoms with Gasteiger partial charge in [-0.2, -0.15) is 0 Å². The van der Waals surface area contributed by atoms with Gasteiger partial charge in [0.1, 0.15) is 29.7 Å². The fourth-order valence-electron chi connectivity index (χ4n) is 2.83. The van der Waals surface area contributed by atoms with Crippen molar-refractivity contribution in [2.24, 2.45) is 0 Å². The van der Waals surface area contributed by atoms with Crippen LogP contribution in [0.15, 0.2) is 33.6 Å². The molecule has 0 saturated heterocycles. The SMILES string of the molecule is CCc1c(C)c2ccc(OCC(O)Cn3cc(CO)nn3)cc2oc1=O. The first kappa shape index (κ1) is 18.1. The zero-order chi connectivity index (χ0) is 18.7. The van der Waals surface area contributed by atoms with Gasteiger partial charge in [0.2, 0.25) is 0 Å². The van der Waals surface area contributed by atoms with E-state index in [1.807, 2.05) is 19.9 Å². The smallest absolute Gasteiger partial charge is 0.339 e. The van der Waals surface area contributed by atoms with E-state index in [0.29, 0.717) is 29.0 Å². The van der Waals surface area contributed by atoms with Gasteiger partial charge in [0.05, 0.1) is 19.3 Å². The van der Waals surface area contributed by atoms with Crippen molar-refractivity contribution in [1.82, 2.24) is 15.0 Å². The van der Waals surface area contributed by atoms with Gasteiger partial charge in [-0.05, 0) is 31.0 Å². The highest BCUT2D eigenvalue weighted by atomic mass is 16.5. The molecule has 0 bridgehead atoms. The van der Waals surface area contributed by atoms with Crippen LogP contribution < -0.4 is 10.4 Å². The summed E-state index contributed by atoms with van der Waals surface area (Å²) in [4.78, 5) is 12.0. The molecule has 2 heterocycles. The van der Waals surface area contributed by atoms with E-state index >= 15 is 0 Å². The van der Waals surface area contributed by atoms with Gasteiger partial charge < -0.3 is 19.4 Å². The van der Waals surface area contributed by atoms with Crippen LogP contribution in [0.1, 0.15) is 23.7 Å². The highest BCUT2D eigenvalue weighted by Crippen LogP contribution is 2.24. The summed E-state index contributed by atoms with van der Waals surface area (Å²) in [5.41, 5.74) is 2.15. The second-order valence-electron chi connectivity index (χ2n) is 6.06. The number of aliphatic hydroxyl groups is 2. The molecule has 0 fully saturated rings. The van der Waals surface area contributed by atoms with E-state index < -0.39 is 6.10 Å². The Hall–Kier alpha value is -2.71. The number of aliphatic hydroxyl groups excluding tert-OH is 2. The van der Waals surface area contributed by atoms with Crippen molar-refractivity contribution in [1.29, 1.82) is 0 Å². The zero-order valence-electron chi connectivity index (χ0n) is 14.7. The Bertz CT molecular complexity index is 963. The second-order valence-corrected chi connectivity index (χ2v) is 6.06. The third kappa shape index (κ3) is 3.76. The summed E-state index contributed by atoms with van der Waals surface area (Å²) in [5, 5.41) is 27.4. The Balaban J connectivity index is 1.69. The number of aromatic nitrogens is 3. The molecule has 0 aliphatic heterocycles. The minimum absolute atomic E-state index is 0.0378. The van der Waals surface area contributed by atoms with Crippen LogP contribution in [0.25, 0.3) is 11.0 Å². The summed E-state index contributed by atoms with van der Waals surface area (Å²) < 4.78 is 12.4. The molecule has 3 rings (SSSR count). The van der Waals surface area contributed by atoms with Gasteiger partial charge >= 0.3 is 5.63 Å². The third-order valence-corrected chi connectivity index (χ3v) is 4.20. The Morgan fingerprint density at radius 3 is 2.88 bits per heavy atom. The summed E-state index contributed by atoms with van der Waals surface area (Å²) >= 11 is 0. The lowest BCUT2D eigenvalue weighted by Gasteiger charge is -2.13. The van der Waals surface area contributed by atoms with Crippen molar-refractivity contribution >= 4 is 11.0 Å². The van der Waals surface area contributed by atoms with E-state index in [0.717, 1.165) is 10.9 Å². The summed E-state index contributed by atoms with van der Waals surface area (Å²) in [6, 6.07) is 5.27. The van der Waals surface area contributed by atoms with Crippen molar-refractivity contribution in [3.8, 4) is 5.75 Å². The minimum Gasteiger partial charge on any atom is -0.491 e. The molecule has 0 radical (unpaired) electrons. The molecule has 3 aromatic rings. The van der Waals surface area contributed by atoms with E-state index in [2.05, 4.69) is 10.3 Å². The number of benzene rings is 1. The standard InChI is InChI=1S/C18H21N3O5/c1-3-15-11(2)16-5-4-14(6-17(16)26-18(15)24)25-10-13(23)8-21-7-12(9-22)19-20-21/h4-7,13,22-23H,3,8-10H2,1-2H3. The molecular weight excluding hydrogens is 338 g/mol. The normalized spacial score (nSPS) is 12.5. The van der Waals surface area contributed by atoms with Crippen molar-refractivity contribution in [3.05, 3.63) is 51.6 Å². The minimum atomic E-state index is -0.810. The molecule has 138 valence electrons. The van der Waals surface area contributed by atoms with Crippen LogP contribution in [0.3, 0.4) is 0 Å².